The molecule has 0 fully saturated rings. The number of hydrogen-bond donors (Lipinski definition) is 1. The summed E-state index contributed by atoms with van der Waals surface area (Å²) in [6, 6.07) is 1.57. The molecule has 0 unspecified atom stereocenters. The Kier molecular flexibility index (Phi) is 3.40. The Balaban J connectivity index is 2.65. The van der Waals surface area contributed by atoms with Gasteiger partial charge in [0.2, 0.25) is 0 Å². The van der Waals surface area contributed by atoms with Crippen LogP contribution in [0.5, 0.6) is 17.2 Å². The Morgan fingerprint density at radius 1 is 1.53 bits per heavy atom. The van der Waals surface area contributed by atoms with E-state index in [0.29, 0.717) is 29.7 Å². The molecular formula is C11H12ClNO4. The monoisotopic (exact) mass is 257 g/mol. The molecule has 0 aliphatic carbocycles. The number of methoxy groups -OCH3 is 1. The zero-order valence-electron chi connectivity index (χ0n) is 9.29. The van der Waals surface area contributed by atoms with E-state index in [9.17, 15) is 4.79 Å². The van der Waals surface area contributed by atoms with Crippen LogP contribution in [-0.4, -0.2) is 32.7 Å². The molecule has 6 heteroatoms. The highest BCUT2D eigenvalue weighted by molar-refractivity contribution is 6.33. The smallest absolute Gasteiger partial charge is 0.184 e. The predicted molar refractivity (Wildman–Crippen MR) is 62.4 cm³/mol. The maximum atomic E-state index is 11.8. The number of carbonyl (C=O) groups excluding carboxylic acids is 1. The van der Waals surface area contributed by atoms with E-state index >= 15 is 0 Å². The summed E-state index contributed by atoms with van der Waals surface area (Å²) in [4.78, 5) is 11.8. The van der Waals surface area contributed by atoms with E-state index in [-0.39, 0.29) is 23.6 Å². The molecule has 0 spiro atoms. The second-order valence-corrected chi connectivity index (χ2v) is 3.83. The largest absolute Gasteiger partial charge is 0.494 e. The van der Waals surface area contributed by atoms with E-state index in [1.54, 1.807) is 6.07 Å². The fraction of sp³-hybridized carbons (Fsp3) is 0.364. The van der Waals surface area contributed by atoms with Crippen LogP contribution in [0.3, 0.4) is 0 Å². The zero-order valence-corrected chi connectivity index (χ0v) is 10.0. The lowest BCUT2D eigenvalue weighted by Gasteiger charge is -2.22. The topological polar surface area (TPSA) is 70.8 Å². The number of fused-ring (bicyclic) bond motifs is 1. The van der Waals surface area contributed by atoms with Crippen molar-refractivity contribution in [3.63, 3.8) is 0 Å². The van der Waals surface area contributed by atoms with Crippen LogP contribution < -0.4 is 19.9 Å². The summed E-state index contributed by atoms with van der Waals surface area (Å²) in [5.41, 5.74) is 5.61. The molecule has 1 aromatic rings. The van der Waals surface area contributed by atoms with Crippen molar-refractivity contribution in [2.45, 2.75) is 0 Å². The number of benzene rings is 1. The van der Waals surface area contributed by atoms with Gasteiger partial charge in [-0.05, 0) is 0 Å². The number of rotatable bonds is 3. The van der Waals surface area contributed by atoms with Gasteiger partial charge in [0.25, 0.3) is 0 Å². The third kappa shape index (κ3) is 2.03. The van der Waals surface area contributed by atoms with Crippen molar-refractivity contribution in [1.82, 2.24) is 0 Å². The molecule has 0 aromatic heterocycles. The highest BCUT2D eigenvalue weighted by Gasteiger charge is 2.26. The summed E-state index contributed by atoms with van der Waals surface area (Å²) in [6.07, 6.45) is 0. The third-order valence-corrected chi connectivity index (χ3v) is 2.69. The van der Waals surface area contributed by atoms with Gasteiger partial charge in [0.1, 0.15) is 18.8 Å². The number of Topliss-reactive ketones (excluding diaryl/α,β-unsaturated/α-hetero) is 1. The Labute approximate surface area is 103 Å². The van der Waals surface area contributed by atoms with Crippen molar-refractivity contribution in [1.29, 1.82) is 0 Å². The minimum atomic E-state index is -0.300. The summed E-state index contributed by atoms with van der Waals surface area (Å²) >= 11 is 6.01. The van der Waals surface area contributed by atoms with Crippen LogP contribution in [0.2, 0.25) is 5.02 Å². The fourth-order valence-electron chi connectivity index (χ4n) is 1.69. The molecule has 0 radical (unpaired) electrons. The minimum absolute atomic E-state index is 0.146. The summed E-state index contributed by atoms with van der Waals surface area (Å²) in [6.45, 7) is 0.654. The number of ketones is 1. The Hall–Kier alpha value is -1.46. The van der Waals surface area contributed by atoms with Gasteiger partial charge in [-0.3, -0.25) is 4.79 Å². The first kappa shape index (κ1) is 12.0. The predicted octanol–water partition coefficient (Wildman–Crippen LogP) is 1.26. The van der Waals surface area contributed by atoms with E-state index in [1.165, 1.54) is 7.11 Å². The molecule has 2 N–H and O–H groups in total. The first-order valence-corrected chi connectivity index (χ1v) is 5.46. The van der Waals surface area contributed by atoms with Crippen molar-refractivity contribution in [3.05, 3.63) is 16.7 Å². The van der Waals surface area contributed by atoms with Gasteiger partial charge >= 0.3 is 0 Å². The Bertz CT molecular complexity index is 461. The highest BCUT2D eigenvalue weighted by atomic mass is 35.5. The summed E-state index contributed by atoms with van der Waals surface area (Å²) in [5, 5.41) is 0.300. The Morgan fingerprint density at radius 2 is 2.24 bits per heavy atom. The van der Waals surface area contributed by atoms with Crippen LogP contribution in [0.25, 0.3) is 0 Å². The highest BCUT2D eigenvalue weighted by Crippen LogP contribution is 2.44. The lowest BCUT2D eigenvalue weighted by Crippen LogP contribution is -2.21. The van der Waals surface area contributed by atoms with Crippen LogP contribution in [0.1, 0.15) is 10.4 Å². The zero-order chi connectivity index (χ0) is 12.4. The van der Waals surface area contributed by atoms with Crippen LogP contribution in [0, 0.1) is 0 Å². The van der Waals surface area contributed by atoms with Gasteiger partial charge in [0.15, 0.2) is 23.0 Å². The van der Waals surface area contributed by atoms with E-state index in [4.69, 9.17) is 31.5 Å². The van der Waals surface area contributed by atoms with E-state index in [2.05, 4.69) is 0 Å². The molecule has 1 heterocycles. The van der Waals surface area contributed by atoms with Crippen molar-refractivity contribution in [2.24, 2.45) is 5.73 Å². The normalized spacial score (nSPS) is 13.4. The second-order valence-electron chi connectivity index (χ2n) is 3.42. The molecule has 1 aromatic carbocycles. The minimum Gasteiger partial charge on any atom is -0.494 e. The average molecular weight is 258 g/mol. The fourth-order valence-corrected chi connectivity index (χ4v) is 1.96. The maximum absolute atomic E-state index is 11.8. The molecule has 92 valence electrons. The molecule has 17 heavy (non-hydrogen) atoms. The molecule has 0 atom stereocenters. The van der Waals surface area contributed by atoms with Crippen molar-refractivity contribution >= 4 is 17.4 Å². The maximum Gasteiger partial charge on any atom is 0.184 e. The first-order valence-electron chi connectivity index (χ1n) is 5.08. The number of halogens is 1. The van der Waals surface area contributed by atoms with E-state index < -0.39 is 0 Å². The molecule has 0 saturated carbocycles. The van der Waals surface area contributed by atoms with Crippen molar-refractivity contribution < 1.29 is 19.0 Å². The lowest BCUT2D eigenvalue weighted by atomic mass is 10.1. The third-order valence-electron chi connectivity index (χ3n) is 2.41. The molecule has 2 rings (SSSR count). The van der Waals surface area contributed by atoms with Gasteiger partial charge in [0.05, 0.1) is 18.7 Å². The second kappa shape index (κ2) is 4.81. The van der Waals surface area contributed by atoms with Crippen LogP contribution >= 0.6 is 11.6 Å². The van der Waals surface area contributed by atoms with Crippen LogP contribution in [0.15, 0.2) is 6.07 Å². The SMILES string of the molecule is COc1c(Cl)cc2c(c1C(=O)CN)OCCO2. The van der Waals surface area contributed by atoms with Gasteiger partial charge in [0, 0.05) is 6.07 Å². The van der Waals surface area contributed by atoms with Crippen LogP contribution in [0.4, 0.5) is 0 Å². The molecule has 5 nitrogen and oxygen atoms in total. The number of ether oxygens (including phenoxy) is 3. The molecule has 0 amide bonds. The molecule has 1 aliphatic heterocycles. The quantitative estimate of drug-likeness (QED) is 0.826. The van der Waals surface area contributed by atoms with Gasteiger partial charge in [-0.25, -0.2) is 0 Å². The number of hydrogen-bond acceptors (Lipinski definition) is 5. The summed E-state index contributed by atoms with van der Waals surface area (Å²) in [7, 11) is 1.44. The first-order chi connectivity index (χ1) is 8.19. The van der Waals surface area contributed by atoms with E-state index in [0.717, 1.165) is 0 Å². The van der Waals surface area contributed by atoms with Crippen molar-refractivity contribution in [3.8, 4) is 17.2 Å². The summed E-state index contributed by atoms with van der Waals surface area (Å²) < 4.78 is 15.9. The number of carbonyl (C=O) groups is 1. The average Bonchev–Trinajstić information content (AvgIpc) is 2.36. The van der Waals surface area contributed by atoms with Gasteiger partial charge in [-0.1, -0.05) is 11.6 Å². The number of nitrogens with two attached hydrogens (primary N) is 1. The molecule has 0 bridgehead atoms. The van der Waals surface area contributed by atoms with Crippen LogP contribution in [-0.2, 0) is 0 Å². The van der Waals surface area contributed by atoms with Gasteiger partial charge in [-0.15, -0.1) is 0 Å². The standard InChI is InChI=1S/C11H12ClNO4/c1-15-10-6(12)4-8-11(17-3-2-16-8)9(10)7(14)5-13/h4H,2-3,5,13H2,1H3. The molecule has 0 saturated heterocycles. The lowest BCUT2D eigenvalue weighted by molar-refractivity contribution is 0.0986. The van der Waals surface area contributed by atoms with Gasteiger partial charge in [-0.2, -0.15) is 0 Å². The van der Waals surface area contributed by atoms with Gasteiger partial charge < -0.3 is 19.9 Å². The molecular weight excluding hydrogens is 246 g/mol. The Morgan fingerprint density at radius 3 is 2.88 bits per heavy atom. The van der Waals surface area contributed by atoms with E-state index in [1.807, 2.05) is 0 Å². The molecule has 1 aliphatic rings. The summed E-state index contributed by atoms with van der Waals surface area (Å²) in [5.74, 6) is 0.768. The van der Waals surface area contributed by atoms with Crippen molar-refractivity contribution in [2.75, 3.05) is 26.9 Å².